The van der Waals surface area contributed by atoms with Crippen LogP contribution in [-0.4, -0.2) is 18.0 Å². The SMILES string of the molecule is CCCCCCOc1c(C)cc(OCCCCC(Br)CC)c2ccccc12. The highest BCUT2D eigenvalue weighted by Gasteiger charge is 2.12. The number of ether oxygens (including phenoxy) is 2. The summed E-state index contributed by atoms with van der Waals surface area (Å²) >= 11 is 3.70. The summed E-state index contributed by atoms with van der Waals surface area (Å²) < 4.78 is 12.3. The molecule has 1 atom stereocenters. The molecular weight excluding hydrogens is 400 g/mol. The lowest BCUT2D eigenvalue weighted by Crippen LogP contribution is -2.03. The number of halogens is 1. The number of aryl methyl sites for hydroxylation is 1. The zero-order valence-electron chi connectivity index (χ0n) is 17.2. The van der Waals surface area contributed by atoms with Crippen LogP contribution in [0.2, 0.25) is 0 Å². The number of hydrogen-bond acceptors (Lipinski definition) is 2. The fourth-order valence-electron chi connectivity index (χ4n) is 3.32. The third kappa shape index (κ3) is 7.03. The molecule has 2 rings (SSSR count). The van der Waals surface area contributed by atoms with Gasteiger partial charge in [0.05, 0.1) is 13.2 Å². The van der Waals surface area contributed by atoms with Crippen molar-refractivity contribution in [3.8, 4) is 11.5 Å². The maximum Gasteiger partial charge on any atom is 0.130 e. The van der Waals surface area contributed by atoms with Gasteiger partial charge in [0.15, 0.2) is 0 Å². The van der Waals surface area contributed by atoms with Crippen LogP contribution in [0.3, 0.4) is 0 Å². The molecule has 150 valence electrons. The third-order valence-corrected chi connectivity index (χ3v) is 6.10. The largest absolute Gasteiger partial charge is 0.493 e. The molecule has 0 spiro atoms. The van der Waals surface area contributed by atoms with E-state index in [1.165, 1.54) is 38.5 Å². The molecule has 0 saturated carbocycles. The molecule has 0 heterocycles. The van der Waals surface area contributed by atoms with Crippen LogP contribution in [0.5, 0.6) is 11.5 Å². The zero-order valence-corrected chi connectivity index (χ0v) is 18.8. The number of benzene rings is 2. The van der Waals surface area contributed by atoms with Gasteiger partial charge in [0.2, 0.25) is 0 Å². The van der Waals surface area contributed by atoms with Gasteiger partial charge in [-0.05, 0) is 50.7 Å². The van der Waals surface area contributed by atoms with Gasteiger partial charge >= 0.3 is 0 Å². The predicted octanol–water partition coefficient (Wildman–Crippen LogP) is 7.83. The van der Waals surface area contributed by atoms with Crippen LogP contribution < -0.4 is 9.47 Å². The molecule has 0 N–H and O–H groups in total. The van der Waals surface area contributed by atoms with Crippen LogP contribution >= 0.6 is 15.9 Å². The van der Waals surface area contributed by atoms with E-state index < -0.39 is 0 Å². The summed E-state index contributed by atoms with van der Waals surface area (Å²) in [5.41, 5.74) is 1.16. The summed E-state index contributed by atoms with van der Waals surface area (Å²) in [6.45, 7) is 8.13. The van der Waals surface area contributed by atoms with E-state index in [9.17, 15) is 0 Å². The molecule has 0 aliphatic carbocycles. The Morgan fingerprint density at radius 2 is 1.59 bits per heavy atom. The molecule has 1 unspecified atom stereocenters. The van der Waals surface area contributed by atoms with Crippen molar-refractivity contribution in [1.29, 1.82) is 0 Å². The molecular formula is C24H35BrO2. The normalized spacial score (nSPS) is 12.3. The Bertz CT molecular complexity index is 683. The van der Waals surface area contributed by atoms with E-state index in [0.717, 1.165) is 53.9 Å². The number of fused-ring (bicyclic) bond motifs is 1. The number of alkyl halides is 1. The summed E-state index contributed by atoms with van der Waals surface area (Å²) in [4.78, 5) is 0.634. The van der Waals surface area contributed by atoms with Crippen molar-refractivity contribution in [2.45, 2.75) is 77.0 Å². The minimum Gasteiger partial charge on any atom is -0.493 e. The fourth-order valence-corrected chi connectivity index (χ4v) is 3.64. The van der Waals surface area contributed by atoms with Crippen molar-refractivity contribution in [2.24, 2.45) is 0 Å². The van der Waals surface area contributed by atoms with Crippen molar-refractivity contribution in [3.05, 3.63) is 35.9 Å². The molecule has 27 heavy (non-hydrogen) atoms. The van der Waals surface area contributed by atoms with Crippen LogP contribution in [0.15, 0.2) is 30.3 Å². The second-order valence-corrected chi connectivity index (χ2v) is 8.62. The van der Waals surface area contributed by atoms with E-state index >= 15 is 0 Å². The fraction of sp³-hybridized carbons (Fsp3) is 0.583. The van der Waals surface area contributed by atoms with Crippen LogP contribution in [-0.2, 0) is 0 Å². The highest BCUT2D eigenvalue weighted by atomic mass is 79.9. The van der Waals surface area contributed by atoms with E-state index in [1.54, 1.807) is 0 Å². The first-order valence-electron chi connectivity index (χ1n) is 10.6. The van der Waals surface area contributed by atoms with Gasteiger partial charge in [-0.2, -0.15) is 0 Å². The zero-order chi connectivity index (χ0) is 19.5. The van der Waals surface area contributed by atoms with Gasteiger partial charge in [0.25, 0.3) is 0 Å². The molecule has 0 saturated heterocycles. The minimum atomic E-state index is 0.634. The van der Waals surface area contributed by atoms with E-state index in [1.807, 2.05) is 0 Å². The van der Waals surface area contributed by atoms with Gasteiger partial charge in [-0.25, -0.2) is 0 Å². The molecule has 0 aliphatic heterocycles. The van der Waals surface area contributed by atoms with E-state index in [-0.39, 0.29) is 0 Å². The summed E-state index contributed by atoms with van der Waals surface area (Å²) in [7, 11) is 0. The average Bonchev–Trinajstić information content (AvgIpc) is 2.69. The smallest absolute Gasteiger partial charge is 0.130 e. The van der Waals surface area contributed by atoms with Crippen molar-refractivity contribution in [2.75, 3.05) is 13.2 Å². The lowest BCUT2D eigenvalue weighted by Gasteiger charge is -2.16. The summed E-state index contributed by atoms with van der Waals surface area (Å²) in [6.07, 6.45) is 9.57. The van der Waals surface area contributed by atoms with E-state index in [2.05, 4.69) is 67.0 Å². The highest BCUT2D eigenvalue weighted by Crippen LogP contribution is 2.36. The van der Waals surface area contributed by atoms with Gasteiger partial charge in [-0.3, -0.25) is 0 Å². The van der Waals surface area contributed by atoms with Gasteiger partial charge in [0.1, 0.15) is 11.5 Å². The Balaban J connectivity index is 2.00. The molecule has 0 bridgehead atoms. The molecule has 0 aliphatic rings. The molecule has 0 aromatic heterocycles. The topological polar surface area (TPSA) is 18.5 Å². The lowest BCUT2D eigenvalue weighted by atomic mass is 10.0. The maximum atomic E-state index is 6.17. The van der Waals surface area contributed by atoms with E-state index in [0.29, 0.717) is 4.83 Å². The number of unbranched alkanes of at least 4 members (excludes halogenated alkanes) is 4. The lowest BCUT2D eigenvalue weighted by molar-refractivity contribution is 0.300. The molecule has 2 aromatic rings. The van der Waals surface area contributed by atoms with Crippen molar-refractivity contribution < 1.29 is 9.47 Å². The highest BCUT2D eigenvalue weighted by molar-refractivity contribution is 9.09. The van der Waals surface area contributed by atoms with E-state index in [4.69, 9.17) is 9.47 Å². The van der Waals surface area contributed by atoms with Crippen LogP contribution in [0.4, 0.5) is 0 Å². The Labute approximate surface area is 173 Å². The Morgan fingerprint density at radius 1 is 0.889 bits per heavy atom. The van der Waals surface area contributed by atoms with Crippen molar-refractivity contribution in [3.63, 3.8) is 0 Å². The molecule has 0 radical (unpaired) electrons. The predicted molar refractivity (Wildman–Crippen MR) is 121 cm³/mol. The second kappa shape index (κ2) is 12.3. The summed E-state index contributed by atoms with van der Waals surface area (Å²) in [6, 6.07) is 10.6. The minimum absolute atomic E-state index is 0.634. The Hall–Kier alpha value is -1.22. The maximum absolute atomic E-state index is 6.17. The van der Waals surface area contributed by atoms with Gasteiger partial charge in [-0.1, -0.05) is 73.3 Å². The average molecular weight is 435 g/mol. The first kappa shape index (κ1) is 22.1. The molecule has 2 aromatic carbocycles. The Kier molecular flexibility index (Phi) is 10.0. The molecule has 0 fully saturated rings. The summed E-state index contributed by atoms with van der Waals surface area (Å²) in [5.74, 6) is 1.99. The van der Waals surface area contributed by atoms with Gasteiger partial charge in [0, 0.05) is 15.6 Å². The van der Waals surface area contributed by atoms with Crippen LogP contribution in [0, 0.1) is 6.92 Å². The Morgan fingerprint density at radius 3 is 2.33 bits per heavy atom. The molecule has 2 nitrogen and oxygen atoms in total. The van der Waals surface area contributed by atoms with Gasteiger partial charge < -0.3 is 9.47 Å². The van der Waals surface area contributed by atoms with Crippen molar-refractivity contribution in [1.82, 2.24) is 0 Å². The second-order valence-electron chi connectivity index (χ2n) is 7.33. The first-order valence-corrected chi connectivity index (χ1v) is 11.5. The quantitative estimate of drug-likeness (QED) is 0.236. The monoisotopic (exact) mass is 434 g/mol. The van der Waals surface area contributed by atoms with Crippen molar-refractivity contribution >= 4 is 26.7 Å². The molecule has 3 heteroatoms. The van der Waals surface area contributed by atoms with Gasteiger partial charge in [-0.15, -0.1) is 0 Å². The van der Waals surface area contributed by atoms with Crippen LogP contribution in [0.25, 0.3) is 10.8 Å². The molecule has 0 amide bonds. The van der Waals surface area contributed by atoms with Crippen LogP contribution in [0.1, 0.15) is 70.8 Å². The third-order valence-electron chi connectivity index (χ3n) is 5.00. The number of hydrogen-bond donors (Lipinski definition) is 0. The number of rotatable bonds is 13. The standard InChI is InChI=1S/C24H35BrO2/c1-4-6-7-11-17-27-24-19(3)18-23(21-14-8-9-15-22(21)24)26-16-12-10-13-20(25)5-2/h8-9,14-15,18,20H,4-7,10-13,16-17H2,1-3H3. The first-order chi connectivity index (χ1) is 13.2. The summed E-state index contributed by atoms with van der Waals surface area (Å²) in [5, 5.41) is 2.31.